The predicted octanol–water partition coefficient (Wildman–Crippen LogP) is 1.70. The highest BCUT2D eigenvalue weighted by molar-refractivity contribution is 5.02. The van der Waals surface area contributed by atoms with Crippen LogP contribution in [0.2, 0.25) is 0 Å². The molecule has 3 rings (SSSR count). The van der Waals surface area contributed by atoms with Gasteiger partial charge in [0.15, 0.2) is 17.7 Å². The van der Waals surface area contributed by atoms with Crippen molar-refractivity contribution in [1.82, 2.24) is 0 Å². The quantitative estimate of drug-likeness (QED) is 0.571. The van der Waals surface area contributed by atoms with Crippen molar-refractivity contribution in [2.45, 2.75) is 63.4 Å². The lowest BCUT2D eigenvalue weighted by atomic mass is 9.97. The first-order valence-corrected chi connectivity index (χ1v) is 7.10. The summed E-state index contributed by atoms with van der Waals surface area (Å²) in [6.45, 7) is 11.6. The third-order valence-electron chi connectivity index (χ3n) is 3.78. The van der Waals surface area contributed by atoms with Crippen molar-refractivity contribution in [2.75, 3.05) is 13.2 Å². The van der Waals surface area contributed by atoms with Crippen molar-refractivity contribution < 1.29 is 28.4 Å². The van der Waals surface area contributed by atoms with Crippen molar-refractivity contribution >= 4 is 0 Å². The lowest BCUT2D eigenvalue weighted by Gasteiger charge is -2.43. The zero-order chi connectivity index (χ0) is 15.3. The third kappa shape index (κ3) is 2.63. The zero-order valence-electron chi connectivity index (χ0n) is 12.9. The maximum absolute atomic E-state index is 5.99. The van der Waals surface area contributed by atoms with Gasteiger partial charge < -0.3 is 28.4 Å². The van der Waals surface area contributed by atoms with Crippen molar-refractivity contribution in [1.29, 1.82) is 0 Å². The first-order valence-electron chi connectivity index (χ1n) is 7.10. The van der Waals surface area contributed by atoms with Crippen molar-refractivity contribution in [3.63, 3.8) is 0 Å². The fourth-order valence-corrected chi connectivity index (χ4v) is 3.07. The second-order valence-electron chi connectivity index (χ2n) is 6.43. The van der Waals surface area contributed by atoms with Gasteiger partial charge in [-0.2, -0.15) is 0 Å². The van der Waals surface area contributed by atoms with E-state index in [0.29, 0.717) is 6.61 Å². The largest absolute Gasteiger partial charge is 0.481 e. The van der Waals surface area contributed by atoms with Crippen molar-refractivity contribution in [3.05, 3.63) is 18.6 Å². The number of hydrogen-bond donors (Lipinski definition) is 0. The van der Waals surface area contributed by atoms with E-state index in [9.17, 15) is 0 Å². The second-order valence-corrected chi connectivity index (χ2v) is 6.43. The van der Waals surface area contributed by atoms with E-state index in [1.54, 1.807) is 0 Å². The first-order chi connectivity index (χ1) is 9.77. The smallest absolute Gasteiger partial charge is 0.235 e. The van der Waals surface area contributed by atoms with E-state index >= 15 is 0 Å². The fraction of sp³-hybridized carbons (Fsp3) is 0.800. The second kappa shape index (κ2) is 4.81. The van der Waals surface area contributed by atoms with E-state index in [0.717, 1.165) is 0 Å². The minimum absolute atomic E-state index is 0.207. The van der Waals surface area contributed by atoms with Gasteiger partial charge in [0.2, 0.25) is 5.79 Å². The van der Waals surface area contributed by atoms with Crippen LogP contribution in [0.25, 0.3) is 0 Å². The summed E-state index contributed by atoms with van der Waals surface area (Å²) in [4.78, 5) is 0. The highest BCUT2D eigenvalue weighted by Crippen LogP contribution is 2.45. The molecule has 0 N–H and O–H groups in total. The number of rotatable bonds is 2. The average molecular weight is 298 g/mol. The molecule has 0 bridgehead atoms. The van der Waals surface area contributed by atoms with Crippen LogP contribution in [0, 0.1) is 0 Å². The van der Waals surface area contributed by atoms with E-state index in [4.69, 9.17) is 28.4 Å². The Balaban J connectivity index is 1.89. The molecule has 0 aliphatic carbocycles. The van der Waals surface area contributed by atoms with Gasteiger partial charge in [0.1, 0.15) is 25.1 Å². The minimum atomic E-state index is -1.01. The maximum atomic E-state index is 5.99. The van der Waals surface area contributed by atoms with Crippen LogP contribution in [0.15, 0.2) is 18.6 Å². The van der Waals surface area contributed by atoms with E-state index in [-0.39, 0.29) is 18.8 Å². The Morgan fingerprint density at radius 2 is 1.90 bits per heavy atom. The topological polar surface area (TPSA) is 55.4 Å². The molecule has 0 radical (unpaired) electrons. The van der Waals surface area contributed by atoms with Gasteiger partial charge in [-0.15, -0.1) is 0 Å². The zero-order valence-corrected chi connectivity index (χ0v) is 12.9. The van der Waals surface area contributed by atoms with Gasteiger partial charge in [-0.1, -0.05) is 12.3 Å². The molecule has 0 aromatic carbocycles. The van der Waals surface area contributed by atoms with Gasteiger partial charge in [-0.25, -0.2) is 0 Å². The fourth-order valence-electron chi connectivity index (χ4n) is 3.07. The molecule has 0 aromatic heterocycles. The predicted molar refractivity (Wildman–Crippen MR) is 72.2 cm³/mol. The van der Waals surface area contributed by atoms with Gasteiger partial charge in [0.05, 0.1) is 6.61 Å². The monoisotopic (exact) mass is 298 g/mol. The third-order valence-corrected chi connectivity index (χ3v) is 3.78. The summed E-state index contributed by atoms with van der Waals surface area (Å²) in [5.41, 5.74) is 2.60. The van der Waals surface area contributed by atoms with E-state index < -0.39 is 23.5 Å². The molecule has 6 heteroatoms. The SMILES string of the molecule is C=C=CO[C@H]1[C@@H]2OC(C)(C)OC2COC12COC(C)(C)O2. The number of ether oxygens (including phenoxy) is 6. The molecule has 4 atom stereocenters. The van der Waals surface area contributed by atoms with E-state index in [1.807, 2.05) is 27.7 Å². The molecular formula is C15H22O6. The molecule has 118 valence electrons. The molecule has 1 spiro atoms. The summed E-state index contributed by atoms with van der Waals surface area (Å²) in [7, 11) is 0. The molecule has 3 aliphatic heterocycles. The molecular weight excluding hydrogens is 276 g/mol. The van der Waals surface area contributed by atoms with Gasteiger partial charge in [0.25, 0.3) is 0 Å². The Morgan fingerprint density at radius 1 is 1.14 bits per heavy atom. The van der Waals surface area contributed by atoms with Crippen LogP contribution < -0.4 is 0 Å². The van der Waals surface area contributed by atoms with Gasteiger partial charge >= 0.3 is 0 Å². The summed E-state index contributed by atoms with van der Waals surface area (Å²) in [5, 5.41) is 0. The summed E-state index contributed by atoms with van der Waals surface area (Å²) < 4.78 is 35.2. The lowest BCUT2D eigenvalue weighted by Crippen LogP contribution is -2.62. The van der Waals surface area contributed by atoms with Crippen LogP contribution in [-0.2, 0) is 28.4 Å². The molecule has 0 amide bonds. The highest BCUT2D eigenvalue weighted by Gasteiger charge is 2.63. The van der Waals surface area contributed by atoms with E-state index in [2.05, 4.69) is 12.3 Å². The Hall–Kier alpha value is -0.880. The Kier molecular flexibility index (Phi) is 3.44. The van der Waals surface area contributed by atoms with Crippen LogP contribution >= 0.6 is 0 Å². The standard InChI is InChI=1S/C15H22O6/c1-6-7-16-12-11-10(19-14(4,5)20-11)8-17-15(12)9-18-13(2,3)21-15/h7,10-12H,1,8-9H2,2-5H3/t10?,11-,12+,15?/m1/s1. The van der Waals surface area contributed by atoms with Crippen LogP contribution in [0.4, 0.5) is 0 Å². The summed E-state index contributed by atoms with van der Waals surface area (Å²) in [5.74, 6) is -2.43. The van der Waals surface area contributed by atoms with Gasteiger partial charge in [-0.05, 0) is 27.7 Å². The summed E-state index contributed by atoms with van der Waals surface area (Å²) in [6.07, 6.45) is 0.354. The molecule has 0 aromatic rings. The first kappa shape index (κ1) is 15.0. The highest BCUT2D eigenvalue weighted by atomic mass is 16.9. The molecule has 2 unspecified atom stereocenters. The molecule has 6 nitrogen and oxygen atoms in total. The van der Waals surface area contributed by atoms with E-state index in [1.165, 1.54) is 6.26 Å². The molecule has 3 aliphatic rings. The van der Waals surface area contributed by atoms with Crippen LogP contribution in [0.3, 0.4) is 0 Å². The van der Waals surface area contributed by atoms with Crippen molar-refractivity contribution in [2.24, 2.45) is 0 Å². The van der Waals surface area contributed by atoms with Gasteiger partial charge in [-0.3, -0.25) is 0 Å². The molecule has 3 fully saturated rings. The molecule has 3 heterocycles. The minimum Gasteiger partial charge on any atom is -0.481 e. The molecule has 0 saturated carbocycles. The number of hydrogen-bond acceptors (Lipinski definition) is 6. The molecule has 3 saturated heterocycles. The Labute approximate surface area is 124 Å². The lowest BCUT2D eigenvalue weighted by molar-refractivity contribution is -0.326. The van der Waals surface area contributed by atoms with Crippen LogP contribution in [0.1, 0.15) is 27.7 Å². The van der Waals surface area contributed by atoms with Gasteiger partial charge in [0, 0.05) is 0 Å². The summed E-state index contributed by atoms with van der Waals surface area (Å²) >= 11 is 0. The van der Waals surface area contributed by atoms with Crippen molar-refractivity contribution in [3.8, 4) is 0 Å². The maximum Gasteiger partial charge on any atom is 0.235 e. The Morgan fingerprint density at radius 3 is 2.52 bits per heavy atom. The molecule has 21 heavy (non-hydrogen) atoms. The van der Waals surface area contributed by atoms with Crippen LogP contribution in [0.5, 0.6) is 0 Å². The number of fused-ring (bicyclic) bond motifs is 1. The summed E-state index contributed by atoms with van der Waals surface area (Å²) in [6, 6.07) is 0. The normalized spacial score (nSPS) is 43.3. The Bertz CT molecular complexity index is 465. The average Bonchev–Trinajstić information content (AvgIpc) is 2.85. The van der Waals surface area contributed by atoms with Crippen LogP contribution in [-0.4, -0.2) is 48.9 Å².